The van der Waals surface area contributed by atoms with Gasteiger partial charge in [0.2, 0.25) is 10.0 Å². The molecule has 9 nitrogen and oxygen atoms in total. The van der Waals surface area contributed by atoms with Crippen LogP contribution in [-0.4, -0.2) is 55.1 Å². The van der Waals surface area contributed by atoms with Crippen LogP contribution in [0.2, 0.25) is 0 Å². The van der Waals surface area contributed by atoms with E-state index >= 15 is 0 Å². The molecule has 1 fully saturated rings. The van der Waals surface area contributed by atoms with E-state index in [4.69, 9.17) is 14.0 Å². The van der Waals surface area contributed by atoms with Crippen LogP contribution in [0.4, 0.5) is 0 Å². The summed E-state index contributed by atoms with van der Waals surface area (Å²) in [7, 11) is -3.71. The first-order valence-electron chi connectivity index (χ1n) is 8.59. The molecule has 0 bridgehead atoms. The fourth-order valence-corrected chi connectivity index (χ4v) is 4.29. The van der Waals surface area contributed by atoms with Crippen LogP contribution in [0.1, 0.15) is 34.6 Å². The van der Waals surface area contributed by atoms with E-state index in [0.29, 0.717) is 31.0 Å². The van der Waals surface area contributed by atoms with Crippen LogP contribution in [-0.2, 0) is 32.5 Å². The molecule has 0 unspecified atom stereocenters. The summed E-state index contributed by atoms with van der Waals surface area (Å²) < 4.78 is 42.5. The fourth-order valence-electron chi connectivity index (χ4n) is 2.63. The smallest absolute Gasteiger partial charge is 0.338 e. The molecule has 0 amide bonds. The van der Waals surface area contributed by atoms with Gasteiger partial charge in [0.1, 0.15) is 0 Å². The van der Waals surface area contributed by atoms with Crippen LogP contribution in [0.25, 0.3) is 0 Å². The van der Waals surface area contributed by atoms with Crippen LogP contribution in [0.5, 0.6) is 0 Å². The van der Waals surface area contributed by atoms with Crippen molar-refractivity contribution in [2.45, 2.75) is 31.8 Å². The molecule has 1 aromatic carbocycles. The van der Waals surface area contributed by atoms with E-state index in [1.165, 1.54) is 16.4 Å². The molecule has 10 heteroatoms. The first-order chi connectivity index (χ1) is 12.9. The Labute approximate surface area is 157 Å². The summed E-state index contributed by atoms with van der Waals surface area (Å²) in [6.45, 7) is 4.66. The summed E-state index contributed by atoms with van der Waals surface area (Å²) in [6.07, 6.45) is 0.609. The fraction of sp³-hybridized carbons (Fsp3) is 0.471. The van der Waals surface area contributed by atoms with Crippen molar-refractivity contribution in [3.8, 4) is 0 Å². The molecule has 1 aliphatic rings. The predicted octanol–water partition coefficient (Wildman–Crippen LogP) is 1.32. The molecular weight excluding hydrogens is 374 g/mol. The average Bonchev–Trinajstić information content (AvgIpc) is 3.15. The van der Waals surface area contributed by atoms with Crippen molar-refractivity contribution in [2.24, 2.45) is 0 Å². The van der Waals surface area contributed by atoms with Crippen molar-refractivity contribution >= 4 is 16.0 Å². The Balaban J connectivity index is 1.76. The molecular formula is C17H21N3O6S. The van der Waals surface area contributed by atoms with Gasteiger partial charge in [-0.2, -0.15) is 9.29 Å². The van der Waals surface area contributed by atoms with Crippen LogP contribution in [0.15, 0.2) is 27.6 Å². The second-order valence-corrected chi connectivity index (χ2v) is 7.94. The van der Waals surface area contributed by atoms with Crippen molar-refractivity contribution in [1.82, 2.24) is 14.4 Å². The van der Waals surface area contributed by atoms with Crippen LogP contribution < -0.4 is 0 Å². The number of esters is 1. The molecule has 0 atom stereocenters. The number of aromatic nitrogens is 2. The minimum absolute atomic E-state index is 0.0879. The highest BCUT2D eigenvalue weighted by Gasteiger charge is 2.28. The van der Waals surface area contributed by atoms with Crippen LogP contribution in [0.3, 0.4) is 0 Å². The normalized spacial score (nSPS) is 15.6. The third kappa shape index (κ3) is 4.34. The van der Waals surface area contributed by atoms with Crippen molar-refractivity contribution in [1.29, 1.82) is 0 Å². The number of ether oxygens (including phenoxy) is 2. The van der Waals surface area contributed by atoms with E-state index in [1.807, 2.05) is 6.92 Å². The highest BCUT2D eigenvalue weighted by Crippen LogP contribution is 2.23. The summed E-state index contributed by atoms with van der Waals surface area (Å²) in [4.78, 5) is 16.5. The van der Waals surface area contributed by atoms with Crippen molar-refractivity contribution in [3.63, 3.8) is 0 Å². The number of aryl methyl sites for hydroxylation is 2. The van der Waals surface area contributed by atoms with E-state index < -0.39 is 16.0 Å². The van der Waals surface area contributed by atoms with E-state index in [1.54, 1.807) is 13.0 Å². The van der Waals surface area contributed by atoms with Crippen molar-refractivity contribution in [2.75, 3.05) is 26.3 Å². The molecule has 27 heavy (non-hydrogen) atoms. The quantitative estimate of drug-likeness (QED) is 0.673. The summed E-state index contributed by atoms with van der Waals surface area (Å²) in [5.74, 6) is 0.0495. The third-order valence-electron chi connectivity index (χ3n) is 4.16. The molecule has 146 valence electrons. The zero-order valence-corrected chi connectivity index (χ0v) is 16.0. The molecule has 0 aliphatic carbocycles. The zero-order valence-electron chi connectivity index (χ0n) is 15.2. The maximum Gasteiger partial charge on any atom is 0.338 e. The molecule has 1 saturated heterocycles. The summed E-state index contributed by atoms with van der Waals surface area (Å²) in [6, 6.07) is 4.46. The standard InChI is InChI=1S/C17H21N3O6S/c1-3-15-18-16(26-19-15)11-25-17(21)13-5-4-12(2)14(10-13)27(22,23)20-6-8-24-9-7-20/h4-5,10H,3,6-9,11H2,1-2H3. The maximum atomic E-state index is 12.9. The Kier molecular flexibility index (Phi) is 5.88. The number of hydrogen-bond donors (Lipinski definition) is 0. The van der Waals surface area contributed by atoms with Gasteiger partial charge in [0, 0.05) is 19.5 Å². The molecule has 3 rings (SSSR count). The van der Waals surface area contributed by atoms with Gasteiger partial charge in [-0.25, -0.2) is 13.2 Å². The Morgan fingerprint density at radius 1 is 1.30 bits per heavy atom. The highest BCUT2D eigenvalue weighted by molar-refractivity contribution is 7.89. The number of sulfonamides is 1. The highest BCUT2D eigenvalue weighted by atomic mass is 32.2. The molecule has 2 aromatic rings. The molecule has 0 saturated carbocycles. The van der Waals surface area contributed by atoms with Gasteiger partial charge < -0.3 is 14.0 Å². The molecule has 1 aliphatic heterocycles. The largest absolute Gasteiger partial charge is 0.452 e. The van der Waals surface area contributed by atoms with Gasteiger partial charge in [-0.3, -0.25) is 0 Å². The lowest BCUT2D eigenvalue weighted by Gasteiger charge is -2.26. The van der Waals surface area contributed by atoms with Crippen LogP contribution >= 0.6 is 0 Å². The average molecular weight is 395 g/mol. The third-order valence-corrected chi connectivity index (χ3v) is 6.21. The minimum Gasteiger partial charge on any atom is -0.452 e. The van der Waals surface area contributed by atoms with Crippen molar-refractivity contribution < 1.29 is 27.2 Å². The first-order valence-corrected chi connectivity index (χ1v) is 10.0. The second-order valence-electron chi connectivity index (χ2n) is 6.03. The number of morpholine rings is 1. The van der Waals surface area contributed by atoms with E-state index in [-0.39, 0.29) is 36.0 Å². The lowest BCUT2D eigenvalue weighted by molar-refractivity contribution is 0.0429. The zero-order chi connectivity index (χ0) is 19.4. The number of carbonyl (C=O) groups is 1. The molecule has 0 N–H and O–H groups in total. The van der Waals surface area contributed by atoms with Gasteiger partial charge in [0.15, 0.2) is 12.4 Å². The Hall–Kier alpha value is -2.30. The summed E-state index contributed by atoms with van der Waals surface area (Å²) in [5.41, 5.74) is 0.699. The first kappa shape index (κ1) is 19.5. The maximum absolute atomic E-state index is 12.9. The predicted molar refractivity (Wildman–Crippen MR) is 93.6 cm³/mol. The molecule has 2 heterocycles. The van der Waals surface area contributed by atoms with Gasteiger partial charge in [-0.1, -0.05) is 18.1 Å². The summed E-state index contributed by atoms with van der Waals surface area (Å²) in [5, 5.41) is 3.72. The number of nitrogens with zero attached hydrogens (tertiary/aromatic N) is 3. The molecule has 1 aromatic heterocycles. The van der Waals surface area contributed by atoms with Crippen LogP contribution in [0, 0.1) is 6.92 Å². The number of benzene rings is 1. The number of carbonyl (C=O) groups excluding carboxylic acids is 1. The molecule has 0 spiro atoms. The summed E-state index contributed by atoms with van der Waals surface area (Å²) >= 11 is 0. The van der Waals surface area contributed by atoms with Gasteiger partial charge in [-0.15, -0.1) is 0 Å². The van der Waals surface area contributed by atoms with Gasteiger partial charge in [-0.05, 0) is 24.6 Å². The van der Waals surface area contributed by atoms with E-state index in [2.05, 4.69) is 10.1 Å². The topological polar surface area (TPSA) is 112 Å². The SMILES string of the molecule is CCc1noc(COC(=O)c2ccc(C)c(S(=O)(=O)N3CCOCC3)c2)n1. The Morgan fingerprint density at radius 3 is 2.70 bits per heavy atom. The van der Waals surface area contributed by atoms with E-state index in [0.717, 1.165) is 0 Å². The van der Waals surface area contributed by atoms with Crippen molar-refractivity contribution in [3.05, 3.63) is 41.0 Å². The molecule has 0 radical (unpaired) electrons. The lowest BCUT2D eigenvalue weighted by Crippen LogP contribution is -2.40. The van der Waals surface area contributed by atoms with Gasteiger partial charge >= 0.3 is 5.97 Å². The number of hydrogen-bond acceptors (Lipinski definition) is 8. The lowest BCUT2D eigenvalue weighted by atomic mass is 10.1. The second kappa shape index (κ2) is 8.15. The van der Waals surface area contributed by atoms with Gasteiger partial charge in [0.25, 0.3) is 5.89 Å². The van der Waals surface area contributed by atoms with E-state index in [9.17, 15) is 13.2 Å². The Morgan fingerprint density at radius 2 is 2.04 bits per heavy atom. The minimum atomic E-state index is -3.71. The Bertz CT molecular complexity index is 919. The number of rotatable bonds is 6. The van der Waals surface area contributed by atoms with Gasteiger partial charge in [0.05, 0.1) is 23.7 Å². The monoisotopic (exact) mass is 395 g/mol.